The number of rotatable bonds is 6. The van der Waals surface area contributed by atoms with Gasteiger partial charge in [-0.25, -0.2) is 15.0 Å². The molecule has 1 amide bonds. The highest BCUT2D eigenvalue weighted by Gasteiger charge is 2.55. The van der Waals surface area contributed by atoms with Crippen LogP contribution in [0.15, 0.2) is 55.4 Å². The zero-order valence-corrected chi connectivity index (χ0v) is 19.9. The molecule has 2 aliphatic rings. The first-order valence-corrected chi connectivity index (χ1v) is 11.6. The van der Waals surface area contributed by atoms with Gasteiger partial charge in [-0.3, -0.25) is 4.79 Å². The lowest BCUT2D eigenvalue weighted by Crippen LogP contribution is -2.78. The van der Waals surface area contributed by atoms with E-state index in [9.17, 15) is 4.79 Å². The Balaban J connectivity index is 1.31. The molecule has 4 heterocycles. The van der Waals surface area contributed by atoms with Gasteiger partial charge in [0.25, 0.3) is 0 Å². The van der Waals surface area contributed by atoms with Gasteiger partial charge in [0.15, 0.2) is 5.82 Å². The van der Waals surface area contributed by atoms with E-state index >= 15 is 0 Å². The highest BCUT2D eigenvalue weighted by Crippen LogP contribution is 2.41. The van der Waals surface area contributed by atoms with Gasteiger partial charge in [0.1, 0.15) is 23.4 Å². The van der Waals surface area contributed by atoms with Crippen LogP contribution >= 0.6 is 0 Å². The molecule has 2 aliphatic heterocycles. The third-order valence-electron chi connectivity index (χ3n) is 6.36. The summed E-state index contributed by atoms with van der Waals surface area (Å²) < 4.78 is 5.87. The van der Waals surface area contributed by atoms with E-state index in [0.29, 0.717) is 17.9 Å². The van der Waals surface area contributed by atoms with Crippen LogP contribution in [0.1, 0.15) is 27.2 Å². The highest BCUT2D eigenvalue weighted by molar-refractivity contribution is 5.90. The number of likely N-dealkylation sites (tertiary alicyclic amines) is 1. The van der Waals surface area contributed by atoms with Gasteiger partial charge in [0.05, 0.1) is 17.7 Å². The third kappa shape index (κ3) is 4.16. The molecule has 0 saturated carbocycles. The smallest absolute Gasteiger partial charge is 0.246 e. The van der Waals surface area contributed by atoms with Crippen molar-refractivity contribution in [2.45, 2.75) is 32.7 Å². The second kappa shape index (κ2) is 8.27. The Kier molecular flexibility index (Phi) is 5.38. The molecule has 176 valence electrons. The number of fused-ring (bicyclic) bond motifs is 1. The number of hydrogen-bond acceptors (Lipinski definition) is 7. The summed E-state index contributed by atoms with van der Waals surface area (Å²) >= 11 is 0. The monoisotopic (exact) mass is 458 g/mol. The van der Waals surface area contributed by atoms with Gasteiger partial charge in [-0.1, -0.05) is 27.4 Å². The fourth-order valence-corrected chi connectivity index (χ4v) is 4.42. The number of nitrogens with zero attached hydrogens (tertiary/aromatic N) is 5. The van der Waals surface area contributed by atoms with Crippen LogP contribution < -0.4 is 15.0 Å². The topological polar surface area (TPSA) is 83.5 Å². The van der Waals surface area contributed by atoms with Crippen molar-refractivity contribution in [1.82, 2.24) is 19.9 Å². The molecule has 8 heteroatoms. The lowest BCUT2D eigenvalue weighted by Gasteiger charge is -2.62. The minimum Gasteiger partial charge on any atom is -0.493 e. The average Bonchev–Trinajstić information content (AvgIpc) is 2.77. The number of anilines is 3. The van der Waals surface area contributed by atoms with Crippen molar-refractivity contribution in [3.05, 3.63) is 55.4 Å². The molecule has 2 fully saturated rings. The van der Waals surface area contributed by atoms with Crippen LogP contribution in [0.2, 0.25) is 0 Å². The second-order valence-electron chi connectivity index (χ2n) is 10.3. The maximum Gasteiger partial charge on any atom is 0.246 e. The van der Waals surface area contributed by atoms with E-state index in [1.807, 2.05) is 41.3 Å². The first-order valence-electron chi connectivity index (χ1n) is 11.6. The van der Waals surface area contributed by atoms with Gasteiger partial charge in [-0.05, 0) is 54.3 Å². The summed E-state index contributed by atoms with van der Waals surface area (Å²) in [5.41, 5.74) is 2.41. The number of pyridine rings is 1. The fraction of sp³-hybridized carbons (Fsp3) is 0.385. The van der Waals surface area contributed by atoms with Gasteiger partial charge in [0, 0.05) is 25.3 Å². The van der Waals surface area contributed by atoms with Crippen LogP contribution in [0.4, 0.5) is 17.3 Å². The maximum absolute atomic E-state index is 12.1. The molecule has 0 radical (unpaired) electrons. The normalized spacial score (nSPS) is 16.7. The lowest BCUT2D eigenvalue weighted by molar-refractivity contribution is -0.144. The van der Waals surface area contributed by atoms with E-state index in [1.54, 1.807) is 6.33 Å². The van der Waals surface area contributed by atoms with Gasteiger partial charge in [0.2, 0.25) is 5.91 Å². The summed E-state index contributed by atoms with van der Waals surface area (Å²) in [6.07, 6.45) is 3.96. The molecule has 2 aromatic heterocycles. The average molecular weight is 459 g/mol. The number of carbonyl (C=O) groups is 1. The fourth-order valence-electron chi connectivity index (χ4n) is 4.42. The van der Waals surface area contributed by atoms with E-state index in [-0.39, 0.29) is 16.9 Å². The van der Waals surface area contributed by atoms with E-state index < -0.39 is 0 Å². The van der Waals surface area contributed by atoms with E-state index in [2.05, 4.69) is 47.5 Å². The summed E-state index contributed by atoms with van der Waals surface area (Å²) in [5.74, 6) is 2.35. The molecule has 1 spiro atoms. The first kappa shape index (κ1) is 22.1. The van der Waals surface area contributed by atoms with Crippen molar-refractivity contribution in [3.8, 4) is 5.75 Å². The zero-order chi connectivity index (χ0) is 23.9. The van der Waals surface area contributed by atoms with Crippen molar-refractivity contribution in [2.24, 2.45) is 5.41 Å². The Morgan fingerprint density at radius 2 is 1.94 bits per heavy atom. The number of nitrogens with one attached hydrogen (secondary N) is 1. The molecular weight excluding hydrogens is 428 g/mol. The minimum absolute atomic E-state index is 0.00656. The zero-order valence-electron chi connectivity index (χ0n) is 19.9. The number of amides is 1. The Bertz CT molecular complexity index is 1230. The molecule has 5 rings (SSSR count). The van der Waals surface area contributed by atoms with Crippen LogP contribution in [-0.2, 0) is 4.79 Å². The Morgan fingerprint density at radius 3 is 2.59 bits per heavy atom. The van der Waals surface area contributed by atoms with Crippen molar-refractivity contribution >= 4 is 34.3 Å². The minimum atomic E-state index is -0.0764. The number of aromatic nitrogens is 3. The number of ether oxygens (including phenoxy) is 1. The largest absolute Gasteiger partial charge is 0.493 e. The first-order chi connectivity index (χ1) is 16.3. The number of carbonyl (C=O) groups excluding carboxylic acids is 1. The maximum atomic E-state index is 12.1. The van der Waals surface area contributed by atoms with Crippen molar-refractivity contribution < 1.29 is 9.53 Å². The predicted molar refractivity (Wildman–Crippen MR) is 133 cm³/mol. The summed E-state index contributed by atoms with van der Waals surface area (Å²) in [6.45, 7) is 13.1. The molecule has 0 unspecified atom stereocenters. The Labute approximate surface area is 199 Å². The molecule has 1 aromatic carbocycles. The van der Waals surface area contributed by atoms with Crippen LogP contribution in [0, 0.1) is 5.41 Å². The lowest BCUT2D eigenvalue weighted by atomic mass is 9.77. The van der Waals surface area contributed by atoms with Gasteiger partial charge < -0.3 is 19.9 Å². The summed E-state index contributed by atoms with van der Waals surface area (Å²) in [7, 11) is 0. The highest BCUT2D eigenvalue weighted by atomic mass is 16.5. The van der Waals surface area contributed by atoms with Crippen molar-refractivity contribution in [1.29, 1.82) is 0 Å². The molecule has 1 N–H and O–H groups in total. The predicted octanol–water partition coefficient (Wildman–Crippen LogP) is 4.17. The Morgan fingerprint density at radius 1 is 1.18 bits per heavy atom. The summed E-state index contributed by atoms with van der Waals surface area (Å²) in [5, 5.41) is 3.37. The van der Waals surface area contributed by atoms with Gasteiger partial charge >= 0.3 is 0 Å². The second-order valence-corrected chi connectivity index (χ2v) is 10.3. The molecule has 2 saturated heterocycles. The molecule has 8 nitrogen and oxygen atoms in total. The molecule has 3 aromatic rings. The SMILES string of the molecule is C=CC(=O)N1CCC12CN(c1ccc3ncnc(Nc4ccc(OCC(C)(C)C)cc4)c3n1)C2. The third-order valence-corrected chi connectivity index (χ3v) is 6.36. The van der Waals surface area contributed by atoms with Crippen LogP contribution in [0.3, 0.4) is 0 Å². The van der Waals surface area contributed by atoms with E-state index in [4.69, 9.17) is 9.72 Å². The van der Waals surface area contributed by atoms with Crippen molar-refractivity contribution in [2.75, 3.05) is 36.5 Å². The summed E-state index contributed by atoms with van der Waals surface area (Å²) in [4.78, 5) is 29.9. The van der Waals surface area contributed by atoms with Gasteiger partial charge in [-0.2, -0.15) is 0 Å². The quantitative estimate of drug-likeness (QED) is 0.555. The number of benzene rings is 1. The van der Waals surface area contributed by atoms with Crippen LogP contribution in [-0.4, -0.2) is 57.5 Å². The summed E-state index contributed by atoms with van der Waals surface area (Å²) in [6, 6.07) is 11.8. The molecular formula is C26H30N6O2. The van der Waals surface area contributed by atoms with E-state index in [0.717, 1.165) is 48.8 Å². The molecule has 0 atom stereocenters. The van der Waals surface area contributed by atoms with Crippen molar-refractivity contribution in [3.63, 3.8) is 0 Å². The molecule has 0 aliphatic carbocycles. The van der Waals surface area contributed by atoms with Crippen LogP contribution in [0.25, 0.3) is 11.0 Å². The Hall–Kier alpha value is -3.68. The standard InChI is InChI=1S/C26H30N6O2/c1-5-22(33)32-13-12-26(32)14-31(15-26)21-11-10-20-23(30-21)24(28-17-27-20)29-18-6-8-19(9-7-18)34-16-25(2,3)4/h5-11,17H,1,12-16H2,2-4H3,(H,27,28,29). The number of hydrogen-bond donors (Lipinski definition) is 1. The molecule has 0 bridgehead atoms. The van der Waals surface area contributed by atoms with Crippen LogP contribution in [0.5, 0.6) is 5.75 Å². The van der Waals surface area contributed by atoms with E-state index in [1.165, 1.54) is 6.08 Å². The molecule has 34 heavy (non-hydrogen) atoms. The van der Waals surface area contributed by atoms with Gasteiger partial charge in [-0.15, -0.1) is 0 Å².